The van der Waals surface area contributed by atoms with Crippen molar-refractivity contribution in [1.82, 2.24) is 4.98 Å². The Bertz CT molecular complexity index is 835. The van der Waals surface area contributed by atoms with E-state index in [1.165, 1.54) is 22.7 Å². The maximum atomic E-state index is 12.3. The van der Waals surface area contributed by atoms with Crippen molar-refractivity contribution in [3.63, 3.8) is 0 Å². The van der Waals surface area contributed by atoms with E-state index in [-0.39, 0.29) is 5.91 Å². The molecule has 0 aliphatic heterocycles. The number of anilines is 1. The van der Waals surface area contributed by atoms with Crippen molar-refractivity contribution in [2.24, 2.45) is 5.16 Å². The second-order valence-corrected chi connectivity index (χ2v) is 6.09. The summed E-state index contributed by atoms with van der Waals surface area (Å²) in [6, 6.07) is 7.77. The van der Waals surface area contributed by atoms with E-state index in [9.17, 15) is 4.79 Å². The van der Waals surface area contributed by atoms with Gasteiger partial charge in [0.25, 0.3) is 5.91 Å². The Labute approximate surface area is 128 Å². The van der Waals surface area contributed by atoms with Gasteiger partial charge in [-0.15, -0.1) is 22.7 Å². The summed E-state index contributed by atoms with van der Waals surface area (Å²) >= 11 is 2.83. The summed E-state index contributed by atoms with van der Waals surface area (Å²) in [6.45, 7) is 1.65. The summed E-state index contributed by atoms with van der Waals surface area (Å²) in [5.41, 5.74) is 1.60. The number of hydrogen-bond donors (Lipinski definition) is 2. The molecule has 7 heteroatoms. The van der Waals surface area contributed by atoms with Gasteiger partial charge in [0.05, 0.1) is 5.56 Å². The lowest BCUT2D eigenvalue weighted by Crippen LogP contribution is -2.11. The van der Waals surface area contributed by atoms with E-state index >= 15 is 0 Å². The van der Waals surface area contributed by atoms with Gasteiger partial charge in [-0.3, -0.25) is 10.1 Å². The Kier molecular flexibility index (Phi) is 3.68. The molecule has 0 bridgehead atoms. The molecule has 0 aliphatic rings. The Hall–Kier alpha value is -2.25. The minimum atomic E-state index is -0.188. The quantitative estimate of drug-likeness (QED) is 0.438. The molecule has 21 heavy (non-hydrogen) atoms. The van der Waals surface area contributed by atoms with Crippen LogP contribution in [0.1, 0.15) is 23.0 Å². The molecule has 0 unspecified atom stereocenters. The van der Waals surface area contributed by atoms with Crippen LogP contribution in [0.2, 0.25) is 0 Å². The van der Waals surface area contributed by atoms with Gasteiger partial charge in [-0.25, -0.2) is 4.98 Å². The fourth-order valence-corrected chi connectivity index (χ4v) is 3.56. The third-order valence-electron chi connectivity index (χ3n) is 2.97. The van der Waals surface area contributed by atoms with E-state index in [0.29, 0.717) is 22.1 Å². The minimum Gasteiger partial charge on any atom is -0.411 e. The summed E-state index contributed by atoms with van der Waals surface area (Å²) in [5.74, 6) is -0.188. The van der Waals surface area contributed by atoms with Crippen LogP contribution in [0.4, 0.5) is 5.13 Å². The maximum absolute atomic E-state index is 12.3. The van der Waals surface area contributed by atoms with Crippen molar-refractivity contribution >= 4 is 49.5 Å². The predicted octanol–water partition coefficient (Wildman–Crippen LogP) is 3.81. The van der Waals surface area contributed by atoms with Crippen molar-refractivity contribution in [2.75, 3.05) is 5.32 Å². The molecule has 0 saturated heterocycles. The summed E-state index contributed by atoms with van der Waals surface area (Å²) in [5, 5.41) is 19.6. The number of fused-ring (bicyclic) bond motifs is 1. The van der Waals surface area contributed by atoms with Crippen LogP contribution in [0, 0.1) is 0 Å². The van der Waals surface area contributed by atoms with Crippen LogP contribution >= 0.6 is 22.7 Å². The maximum Gasteiger partial charge on any atom is 0.258 e. The zero-order chi connectivity index (χ0) is 14.8. The number of thiophene rings is 1. The first kappa shape index (κ1) is 13.7. The molecule has 2 aromatic heterocycles. The van der Waals surface area contributed by atoms with Gasteiger partial charge >= 0.3 is 0 Å². The zero-order valence-corrected chi connectivity index (χ0v) is 12.7. The molecule has 1 aromatic carbocycles. The highest BCUT2D eigenvalue weighted by Crippen LogP contribution is 2.26. The van der Waals surface area contributed by atoms with Crippen LogP contribution < -0.4 is 5.32 Å². The summed E-state index contributed by atoms with van der Waals surface area (Å²) < 4.78 is 1.07. The third kappa shape index (κ3) is 2.65. The van der Waals surface area contributed by atoms with E-state index < -0.39 is 0 Å². The number of oxime groups is 1. The molecule has 106 valence electrons. The third-order valence-corrected chi connectivity index (χ3v) is 4.69. The van der Waals surface area contributed by atoms with E-state index in [1.54, 1.807) is 12.3 Å². The van der Waals surface area contributed by atoms with Gasteiger partial charge in [-0.05, 0) is 13.0 Å². The Morgan fingerprint density at radius 1 is 1.29 bits per heavy atom. The van der Waals surface area contributed by atoms with Gasteiger partial charge in [0, 0.05) is 20.8 Å². The lowest BCUT2D eigenvalue weighted by molar-refractivity contribution is 0.102. The monoisotopic (exact) mass is 317 g/mol. The molecule has 0 spiro atoms. The van der Waals surface area contributed by atoms with E-state index in [1.807, 2.05) is 29.6 Å². The van der Waals surface area contributed by atoms with E-state index in [0.717, 1.165) is 10.1 Å². The SMILES string of the molecule is CC(=NO)c1csc(NC(=O)c2csc3ccccc23)n1. The molecular weight excluding hydrogens is 306 g/mol. The Morgan fingerprint density at radius 2 is 2.10 bits per heavy atom. The van der Waals surface area contributed by atoms with Gasteiger partial charge in [0.1, 0.15) is 11.4 Å². The molecular formula is C14H11N3O2S2. The molecule has 2 heterocycles. The lowest BCUT2D eigenvalue weighted by atomic mass is 10.2. The van der Waals surface area contributed by atoms with Gasteiger partial charge in [-0.1, -0.05) is 23.4 Å². The number of thiazole rings is 1. The molecule has 3 rings (SSSR count). The predicted molar refractivity (Wildman–Crippen MR) is 85.9 cm³/mol. The average molecular weight is 317 g/mol. The van der Waals surface area contributed by atoms with Crippen molar-refractivity contribution in [3.8, 4) is 0 Å². The Morgan fingerprint density at radius 3 is 2.90 bits per heavy atom. The summed E-state index contributed by atoms with van der Waals surface area (Å²) in [4.78, 5) is 16.5. The number of rotatable bonds is 3. The molecule has 0 radical (unpaired) electrons. The molecule has 0 fully saturated rings. The van der Waals surface area contributed by atoms with Crippen molar-refractivity contribution < 1.29 is 10.0 Å². The summed E-state index contributed by atoms with van der Waals surface area (Å²) in [6.07, 6.45) is 0. The van der Waals surface area contributed by atoms with Crippen LogP contribution in [-0.2, 0) is 0 Å². The lowest BCUT2D eigenvalue weighted by Gasteiger charge is -2.00. The topological polar surface area (TPSA) is 74.6 Å². The average Bonchev–Trinajstić information content (AvgIpc) is 3.12. The molecule has 1 amide bonds. The molecule has 0 atom stereocenters. The molecule has 0 saturated carbocycles. The fraction of sp³-hybridized carbons (Fsp3) is 0.0714. The number of nitrogens with zero attached hydrogens (tertiary/aromatic N) is 2. The highest BCUT2D eigenvalue weighted by molar-refractivity contribution is 7.17. The smallest absolute Gasteiger partial charge is 0.258 e. The van der Waals surface area contributed by atoms with Gasteiger partial charge < -0.3 is 5.21 Å². The Balaban J connectivity index is 1.85. The first-order valence-electron chi connectivity index (χ1n) is 6.11. The van der Waals surface area contributed by atoms with Gasteiger partial charge in [0.15, 0.2) is 5.13 Å². The van der Waals surface area contributed by atoms with Crippen LogP contribution in [0.15, 0.2) is 40.2 Å². The van der Waals surface area contributed by atoms with Gasteiger partial charge in [0.2, 0.25) is 0 Å². The van der Waals surface area contributed by atoms with Crippen LogP contribution in [-0.4, -0.2) is 21.8 Å². The first-order chi connectivity index (χ1) is 10.2. The molecule has 5 nitrogen and oxygen atoms in total. The number of benzene rings is 1. The second-order valence-electron chi connectivity index (χ2n) is 4.32. The molecule has 3 aromatic rings. The van der Waals surface area contributed by atoms with Crippen LogP contribution in [0.3, 0.4) is 0 Å². The number of aromatic nitrogens is 1. The van der Waals surface area contributed by atoms with Gasteiger partial charge in [-0.2, -0.15) is 0 Å². The van der Waals surface area contributed by atoms with Crippen molar-refractivity contribution in [3.05, 3.63) is 46.3 Å². The van der Waals surface area contributed by atoms with Crippen molar-refractivity contribution in [2.45, 2.75) is 6.92 Å². The number of hydrogen-bond acceptors (Lipinski definition) is 6. The largest absolute Gasteiger partial charge is 0.411 e. The number of carbonyl (C=O) groups excluding carboxylic acids is 1. The normalized spacial score (nSPS) is 11.8. The van der Waals surface area contributed by atoms with E-state index in [2.05, 4.69) is 15.5 Å². The standard InChI is InChI=1S/C14H11N3O2S2/c1-8(17-19)11-7-21-14(15-11)16-13(18)10-6-20-12-5-3-2-4-9(10)12/h2-7,19H,1H3,(H,15,16,18). The number of amides is 1. The van der Waals surface area contributed by atoms with Crippen molar-refractivity contribution in [1.29, 1.82) is 0 Å². The number of carbonyl (C=O) groups is 1. The first-order valence-corrected chi connectivity index (χ1v) is 7.87. The van der Waals surface area contributed by atoms with Crippen LogP contribution in [0.25, 0.3) is 10.1 Å². The minimum absolute atomic E-state index is 0.188. The highest BCUT2D eigenvalue weighted by Gasteiger charge is 2.14. The fourth-order valence-electron chi connectivity index (χ4n) is 1.87. The number of nitrogens with one attached hydrogen (secondary N) is 1. The second kappa shape index (κ2) is 5.63. The van der Waals surface area contributed by atoms with E-state index in [4.69, 9.17) is 5.21 Å². The summed E-state index contributed by atoms with van der Waals surface area (Å²) in [7, 11) is 0. The molecule has 0 aliphatic carbocycles. The zero-order valence-electron chi connectivity index (χ0n) is 11.0. The molecule has 2 N–H and O–H groups in total. The van der Waals surface area contributed by atoms with Crippen LogP contribution in [0.5, 0.6) is 0 Å². The highest BCUT2D eigenvalue weighted by atomic mass is 32.1.